The van der Waals surface area contributed by atoms with Gasteiger partial charge in [0.05, 0.1) is 4.90 Å². The third kappa shape index (κ3) is 2.26. The zero-order chi connectivity index (χ0) is 9.80. The Balaban J connectivity index is 2.19. The van der Waals surface area contributed by atoms with Gasteiger partial charge >= 0.3 is 0 Å². The Labute approximate surface area is 86.8 Å². The normalized spacial score (nSPS) is 10.0. The van der Waals surface area contributed by atoms with Crippen molar-refractivity contribution in [2.45, 2.75) is 9.79 Å². The summed E-state index contributed by atoms with van der Waals surface area (Å²) in [6.07, 6.45) is 3.05. The topological polar surface area (TPSA) is 26.9 Å². The first-order valence-electron chi connectivity index (χ1n) is 4.26. The fourth-order valence-corrected chi connectivity index (χ4v) is 1.99. The Morgan fingerprint density at radius 1 is 0.929 bits per heavy atom. The first-order chi connectivity index (χ1) is 6.84. The largest absolute Gasteiger partial charge is 0.619 e. The average Bonchev–Trinajstić information content (AvgIpc) is 2.19. The highest BCUT2D eigenvalue weighted by atomic mass is 32.2. The zero-order valence-corrected chi connectivity index (χ0v) is 8.28. The second kappa shape index (κ2) is 4.15. The molecule has 0 atom stereocenters. The molecule has 1 aromatic carbocycles. The highest BCUT2D eigenvalue weighted by Crippen LogP contribution is 2.25. The van der Waals surface area contributed by atoms with Crippen LogP contribution < -0.4 is 4.73 Å². The van der Waals surface area contributed by atoms with Gasteiger partial charge in [-0.15, -0.1) is 0 Å². The van der Waals surface area contributed by atoms with Crippen molar-refractivity contribution in [1.82, 2.24) is 0 Å². The molecule has 2 aromatic rings. The fraction of sp³-hybridized carbons (Fsp3) is 0. The minimum Gasteiger partial charge on any atom is -0.619 e. The molecule has 3 heteroatoms. The number of hydrogen-bond donors (Lipinski definition) is 0. The molecule has 0 amide bonds. The third-order valence-electron chi connectivity index (χ3n) is 1.73. The smallest absolute Gasteiger partial charge is 0.194 e. The van der Waals surface area contributed by atoms with E-state index in [4.69, 9.17) is 0 Å². The minimum atomic E-state index is 0.811. The molecular formula is C11H9NOS. The van der Waals surface area contributed by atoms with E-state index in [9.17, 15) is 5.21 Å². The summed E-state index contributed by atoms with van der Waals surface area (Å²) in [6.45, 7) is 0. The van der Waals surface area contributed by atoms with Gasteiger partial charge in [0.25, 0.3) is 0 Å². The monoisotopic (exact) mass is 203 g/mol. The molecule has 2 nitrogen and oxygen atoms in total. The van der Waals surface area contributed by atoms with Crippen LogP contribution >= 0.6 is 11.8 Å². The molecular weight excluding hydrogens is 194 g/mol. The van der Waals surface area contributed by atoms with Crippen LogP contribution in [0.25, 0.3) is 0 Å². The molecule has 70 valence electrons. The van der Waals surface area contributed by atoms with Gasteiger partial charge in [-0.25, -0.2) is 0 Å². The summed E-state index contributed by atoms with van der Waals surface area (Å²) in [5.74, 6) is 0. The van der Waals surface area contributed by atoms with Crippen molar-refractivity contribution in [2.75, 3.05) is 0 Å². The average molecular weight is 203 g/mol. The predicted molar refractivity (Wildman–Crippen MR) is 56.0 cm³/mol. The van der Waals surface area contributed by atoms with Crippen molar-refractivity contribution < 1.29 is 4.73 Å². The third-order valence-corrected chi connectivity index (χ3v) is 2.71. The van der Waals surface area contributed by atoms with Crippen LogP contribution in [-0.4, -0.2) is 0 Å². The molecule has 2 rings (SSSR count). The van der Waals surface area contributed by atoms with E-state index in [2.05, 4.69) is 0 Å². The van der Waals surface area contributed by atoms with Crippen LogP contribution in [0.4, 0.5) is 0 Å². The van der Waals surface area contributed by atoms with Gasteiger partial charge in [-0.3, -0.25) is 0 Å². The Bertz CT molecular complexity index is 417. The first kappa shape index (κ1) is 9.09. The molecule has 0 fully saturated rings. The van der Waals surface area contributed by atoms with E-state index in [1.165, 1.54) is 6.20 Å². The van der Waals surface area contributed by atoms with Crippen molar-refractivity contribution in [1.29, 1.82) is 0 Å². The second-order valence-corrected chi connectivity index (χ2v) is 3.96. The van der Waals surface area contributed by atoms with E-state index in [-0.39, 0.29) is 0 Å². The summed E-state index contributed by atoms with van der Waals surface area (Å²) in [7, 11) is 0. The van der Waals surface area contributed by atoms with Gasteiger partial charge in [0.15, 0.2) is 12.4 Å². The van der Waals surface area contributed by atoms with Gasteiger partial charge in [-0.05, 0) is 18.2 Å². The summed E-state index contributed by atoms with van der Waals surface area (Å²) in [5, 5.41) is 11.0. The number of pyridine rings is 1. The van der Waals surface area contributed by atoms with Crippen LogP contribution in [0.3, 0.4) is 0 Å². The van der Waals surface area contributed by atoms with Crippen molar-refractivity contribution in [3.63, 3.8) is 0 Å². The first-order valence-corrected chi connectivity index (χ1v) is 5.08. The van der Waals surface area contributed by atoms with Crippen LogP contribution in [0.5, 0.6) is 0 Å². The summed E-state index contributed by atoms with van der Waals surface area (Å²) in [4.78, 5) is 2.09. The van der Waals surface area contributed by atoms with E-state index in [1.54, 1.807) is 24.0 Å². The number of hydrogen-bond acceptors (Lipinski definition) is 2. The highest BCUT2D eigenvalue weighted by Gasteiger charge is 1.99. The van der Waals surface area contributed by atoms with E-state index in [0.29, 0.717) is 0 Å². The molecule has 0 saturated heterocycles. The summed E-state index contributed by atoms with van der Waals surface area (Å²) >= 11 is 1.58. The molecule has 0 bridgehead atoms. The lowest BCUT2D eigenvalue weighted by Gasteiger charge is -2.00. The number of aromatic nitrogens is 1. The maximum Gasteiger partial charge on any atom is 0.194 e. The van der Waals surface area contributed by atoms with Crippen LogP contribution in [0, 0.1) is 5.21 Å². The Morgan fingerprint density at radius 3 is 2.36 bits per heavy atom. The van der Waals surface area contributed by atoms with Crippen molar-refractivity contribution >= 4 is 11.8 Å². The van der Waals surface area contributed by atoms with Gasteiger partial charge < -0.3 is 5.21 Å². The molecule has 0 N–H and O–H groups in total. The van der Waals surface area contributed by atoms with Crippen molar-refractivity contribution in [3.05, 3.63) is 60.1 Å². The predicted octanol–water partition coefficient (Wildman–Crippen LogP) is 2.47. The second-order valence-electron chi connectivity index (χ2n) is 2.81. The van der Waals surface area contributed by atoms with Gasteiger partial charge in [0, 0.05) is 11.0 Å². The number of rotatable bonds is 2. The molecule has 1 heterocycles. The van der Waals surface area contributed by atoms with Crippen molar-refractivity contribution in [3.8, 4) is 0 Å². The number of benzene rings is 1. The molecule has 0 saturated carbocycles. The minimum absolute atomic E-state index is 0.811. The number of nitrogens with zero attached hydrogens (tertiary/aromatic N) is 1. The summed E-state index contributed by atoms with van der Waals surface area (Å²) in [6, 6.07) is 13.7. The summed E-state index contributed by atoms with van der Waals surface area (Å²) < 4.78 is 0.811. The zero-order valence-electron chi connectivity index (χ0n) is 7.46. The molecule has 1 aromatic heterocycles. The van der Waals surface area contributed by atoms with Crippen LogP contribution in [0.2, 0.25) is 0 Å². The maximum atomic E-state index is 11.0. The maximum absolute atomic E-state index is 11.0. The molecule has 0 unspecified atom stereocenters. The Morgan fingerprint density at radius 2 is 1.64 bits per heavy atom. The standard InChI is InChI=1S/C11H9NOS/c13-12-8-4-7-11(9-12)14-10-5-2-1-3-6-10/h1-9H. The fourth-order valence-electron chi connectivity index (χ4n) is 1.12. The molecule has 14 heavy (non-hydrogen) atoms. The van der Waals surface area contributed by atoms with Gasteiger partial charge in [0.1, 0.15) is 0 Å². The molecule has 0 radical (unpaired) electrons. The van der Waals surface area contributed by atoms with Gasteiger partial charge in [0.2, 0.25) is 0 Å². The van der Waals surface area contributed by atoms with E-state index >= 15 is 0 Å². The summed E-state index contributed by atoms with van der Waals surface area (Å²) in [5.41, 5.74) is 0. The molecule has 0 aliphatic carbocycles. The Hall–Kier alpha value is -1.48. The molecule has 0 aliphatic heterocycles. The highest BCUT2D eigenvalue weighted by molar-refractivity contribution is 7.99. The van der Waals surface area contributed by atoms with Crippen LogP contribution in [-0.2, 0) is 0 Å². The van der Waals surface area contributed by atoms with Gasteiger partial charge in [-0.1, -0.05) is 30.0 Å². The van der Waals surface area contributed by atoms with Crippen LogP contribution in [0.1, 0.15) is 0 Å². The Kier molecular flexibility index (Phi) is 2.70. The quantitative estimate of drug-likeness (QED) is 0.553. The lowest BCUT2D eigenvalue weighted by molar-refractivity contribution is -0.607. The lowest BCUT2D eigenvalue weighted by atomic mass is 10.4. The molecule has 0 spiro atoms. The van der Waals surface area contributed by atoms with Crippen LogP contribution in [0.15, 0.2) is 64.6 Å². The van der Waals surface area contributed by atoms with E-state index in [0.717, 1.165) is 14.5 Å². The van der Waals surface area contributed by atoms with E-state index in [1.807, 2.05) is 36.4 Å². The SMILES string of the molecule is [O-][n+]1cccc(Sc2ccccc2)c1. The van der Waals surface area contributed by atoms with Gasteiger partial charge in [-0.2, -0.15) is 4.73 Å². The van der Waals surface area contributed by atoms with E-state index < -0.39 is 0 Å². The van der Waals surface area contributed by atoms with Crippen molar-refractivity contribution in [2.24, 2.45) is 0 Å². The lowest BCUT2D eigenvalue weighted by Crippen LogP contribution is -2.23. The molecule has 0 aliphatic rings.